The molecule has 0 amide bonds. The van der Waals surface area contributed by atoms with E-state index in [1.54, 1.807) is 24.3 Å². The summed E-state index contributed by atoms with van der Waals surface area (Å²) < 4.78 is 27.1. The van der Waals surface area contributed by atoms with Gasteiger partial charge in [0.15, 0.2) is 0 Å². The Balaban J connectivity index is 2.28. The maximum atomic E-state index is 13.6. The van der Waals surface area contributed by atoms with Crippen LogP contribution in [-0.4, -0.2) is 24.3 Å². The van der Waals surface area contributed by atoms with Crippen molar-refractivity contribution >= 4 is 0 Å². The zero-order valence-corrected chi connectivity index (χ0v) is 13.5. The lowest BCUT2D eigenvalue weighted by Crippen LogP contribution is -2.34. The zero-order chi connectivity index (χ0) is 16.8. The molecule has 0 fully saturated rings. The zero-order valence-electron chi connectivity index (χ0n) is 13.5. The van der Waals surface area contributed by atoms with Crippen LogP contribution in [0, 0.1) is 17.6 Å². The molecule has 0 aromatic heterocycles. The second-order valence-electron chi connectivity index (χ2n) is 6.21. The number of benzene rings is 2. The smallest absolute Gasteiger partial charge is 0.123 e. The van der Waals surface area contributed by atoms with Crippen molar-refractivity contribution in [1.82, 2.24) is 5.32 Å². The van der Waals surface area contributed by atoms with E-state index in [9.17, 15) is 13.9 Å². The lowest BCUT2D eigenvalue weighted by atomic mass is 9.86. The lowest BCUT2D eigenvalue weighted by Gasteiger charge is -2.25. The first-order chi connectivity index (χ1) is 11.0. The van der Waals surface area contributed by atoms with E-state index in [2.05, 4.69) is 19.2 Å². The molecule has 2 N–H and O–H groups in total. The fraction of sp³-hybridized carbons (Fsp3) is 0.368. The molecule has 0 aliphatic rings. The van der Waals surface area contributed by atoms with E-state index in [0.29, 0.717) is 23.6 Å². The summed E-state index contributed by atoms with van der Waals surface area (Å²) in [6, 6.07) is 12.2. The normalized spacial score (nSPS) is 12.8. The van der Waals surface area contributed by atoms with Crippen molar-refractivity contribution in [3.05, 3.63) is 71.3 Å². The van der Waals surface area contributed by atoms with Crippen molar-refractivity contribution in [3.63, 3.8) is 0 Å². The van der Waals surface area contributed by atoms with Crippen LogP contribution in [-0.2, 0) is 0 Å². The molecule has 0 bridgehead atoms. The van der Waals surface area contributed by atoms with E-state index in [4.69, 9.17) is 0 Å². The number of nitrogens with one attached hydrogen (secondary N) is 1. The summed E-state index contributed by atoms with van der Waals surface area (Å²) in [7, 11) is 0. The minimum atomic E-state index is -0.780. The molecule has 0 aliphatic heterocycles. The van der Waals surface area contributed by atoms with Crippen LogP contribution in [0.2, 0.25) is 0 Å². The third-order valence-corrected chi connectivity index (χ3v) is 3.71. The molecule has 2 rings (SSSR count). The Morgan fingerprint density at radius 3 is 1.87 bits per heavy atom. The number of rotatable bonds is 7. The van der Waals surface area contributed by atoms with Crippen molar-refractivity contribution in [1.29, 1.82) is 0 Å². The summed E-state index contributed by atoms with van der Waals surface area (Å²) in [6.45, 7) is 5.29. The van der Waals surface area contributed by atoms with Crippen LogP contribution >= 0.6 is 0 Å². The predicted molar refractivity (Wildman–Crippen MR) is 88.4 cm³/mol. The minimum absolute atomic E-state index is 0.357. The fourth-order valence-corrected chi connectivity index (χ4v) is 2.67. The Labute approximate surface area is 136 Å². The monoisotopic (exact) mass is 319 g/mol. The van der Waals surface area contributed by atoms with Crippen LogP contribution in [0.5, 0.6) is 0 Å². The van der Waals surface area contributed by atoms with Gasteiger partial charge in [-0.25, -0.2) is 8.78 Å². The molecule has 1 atom stereocenters. The van der Waals surface area contributed by atoms with E-state index in [1.807, 2.05) is 0 Å². The van der Waals surface area contributed by atoms with Crippen LogP contribution < -0.4 is 5.32 Å². The van der Waals surface area contributed by atoms with E-state index in [-0.39, 0.29) is 11.6 Å². The van der Waals surface area contributed by atoms with Crippen LogP contribution in [0.4, 0.5) is 8.78 Å². The summed E-state index contributed by atoms with van der Waals surface area (Å²) in [5.74, 6) is -0.762. The Kier molecular flexibility index (Phi) is 6.25. The first-order valence-corrected chi connectivity index (χ1v) is 7.87. The van der Waals surface area contributed by atoms with Crippen molar-refractivity contribution in [2.24, 2.45) is 5.92 Å². The second-order valence-corrected chi connectivity index (χ2v) is 6.21. The number of halogens is 2. The molecule has 0 aliphatic carbocycles. The standard InChI is InChI=1S/C19H23F2NO/c1-13(2)11-22-12-18(23)19(14-5-3-7-16(20)9-14)15-6-4-8-17(21)10-15/h3-10,13,18-19,22-23H,11-12H2,1-2H3. The maximum absolute atomic E-state index is 13.6. The Morgan fingerprint density at radius 1 is 0.913 bits per heavy atom. The number of hydrogen-bond acceptors (Lipinski definition) is 2. The molecule has 4 heteroatoms. The first kappa shape index (κ1) is 17.6. The third-order valence-electron chi connectivity index (χ3n) is 3.71. The van der Waals surface area contributed by atoms with Gasteiger partial charge in [-0.3, -0.25) is 0 Å². The highest BCUT2D eigenvalue weighted by Crippen LogP contribution is 2.29. The predicted octanol–water partition coefficient (Wildman–Crippen LogP) is 3.70. The molecular weight excluding hydrogens is 296 g/mol. The molecule has 2 aromatic carbocycles. The molecule has 1 unspecified atom stereocenters. The highest BCUT2D eigenvalue weighted by atomic mass is 19.1. The molecule has 23 heavy (non-hydrogen) atoms. The Bertz CT molecular complexity index is 585. The summed E-state index contributed by atoms with van der Waals surface area (Å²) in [4.78, 5) is 0. The quantitative estimate of drug-likeness (QED) is 0.815. The van der Waals surface area contributed by atoms with Gasteiger partial charge in [0.2, 0.25) is 0 Å². The summed E-state index contributed by atoms with van der Waals surface area (Å²) in [6.07, 6.45) is -0.780. The molecule has 0 saturated heterocycles. The third kappa shape index (κ3) is 5.12. The summed E-state index contributed by atoms with van der Waals surface area (Å²) >= 11 is 0. The Morgan fingerprint density at radius 2 is 1.43 bits per heavy atom. The summed E-state index contributed by atoms with van der Waals surface area (Å²) in [5, 5.41) is 13.8. The average molecular weight is 319 g/mol. The van der Waals surface area contributed by atoms with Gasteiger partial charge in [0.25, 0.3) is 0 Å². The van der Waals surface area contributed by atoms with Gasteiger partial charge in [-0.2, -0.15) is 0 Å². The number of aliphatic hydroxyl groups excluding tert-OH is 1. The average Bonchev–Trinajstić information content (AvgIpc) is 2.47. The van der Waals surface area contributed by atoms with Crippen LogP contribution in [0.25, 0.3) is 0 Å². The van der Waals surface area contributed by atoms with Gasteiger partial charge in [-0.1, -0.05) is 38.1 Å². The van der Waals surface area contributed by atoms with Crippen molar-refractivity contribution in [2.45, 2.75) is 25.9 Å². The number of aliphatic hydroxyl groups is 1. The Hall–Kier alpha value is -1.78. The maximum Gasteiger partial charge on any atom is 0.123 e. The lowest BCUT2D eigenvalue weighted by molar-refractivity contribution is 0.152. The van der Waals surface area contributed by atoms with Gasteiger partial charge in [-0.05, 0) is 47.9 Å². The van der Waals surface area contributed by atoms with Crippen molar-refractivity contribution in [3.8, 4) is 0 Å². The van der Waals surface area contributed by atoms with Crippen LogP contribution in [0.3, 0.4) is 0 Å². The highest BCUT2D eigenvalue weighted by molar-refractivity contribution is 5.34. The molecule has 124 valence electrons. The summed E-state index contributed by atoms with van der Waals surface area (Å²) in [5.41, 5.74) is 1.27. The molecule has 0 radical (unpaired) electrons. The second kappa shape index (κ2) is 8.18. The number of hydrogen-bond donors (Lipinski definition) is 2. The van der Waals surface area contributed by atoms with Gasteiger partial charge in [-0.15, -0.1) is 0 Å². The molecular formula is C19H23F2NO. The van der Waals surface area contributed by atoms with Gasteiger partial charge in [0, 0.05) is 12.5 Å². The topological polar surface area (TPSA) is 32.3 Å². The van der Waals surface area contributed by atoms with Gasteiger partial charge < -0.3 is 10.4 Å². The van der Waals surface area contributed by atoms with Crippen molar-refractivity contribution in [2.75, 3.05) is 13.1 Å². The van der Waals surface area contributed by atoms with E-state index in [1.165, 1.54) is 24.3 Å². The van der Waals surface area contributed by atoms with E-state index >= 15 is 0 Å². The molecule has 0 saturated carbocycles. The van der Waals surface area contributed by atoms with E-state index < -0.39 is 12.0 Å². The van der Waals surface area contributed by atoms with Gasteiger partial charge in [0.05, 0.1) is 6.10 Å². The largest absolute Gasteiger partial charge is 0.391 e. The molecule has 2 aromatic rings. The highest BCUT2D eigenvalue weighted by Gasteiger charge is 2.23. The van der Waals surface area contributed by atoms with Gasteiger partial charge >= 0.3 is 0 Å². The molecule has 0 spiro atoms. The first-order valence-electron chi connectivity index (χ1n) is 7.87. The van der Waals surface area contributed by atoms with E-state index in [0.717, 1.165) is 6.54 Å². The van der Waals surface area contributed by atoms with Crippen LogP contribution in [0.1, 0.15) is 30.9 Å². The fourth-order valence-electron chi connectivity index (χ4n) is 2.67. The van der Waals surface area contributed by atoms with Crippen LogP contribution in [0.15, 0.2) is 48.5 Å². The SMILES string of the molecule is CC(C)CNCC(O)C(c1cccc(F)c1)c1cccc(F)c1. The molecule has 0 heterocycles. The van der Waals surface area contributed by atoms with Crippen molar-refractivity contribution < 1.29 is 13.9 Å². The molecule has 2 nitrogen and oxygen atoms in total. The van der Waals surface area contributed by atoms with Gasteiger partial charge in [0.1, 0.15) is 11.6 Å². The minimum Gasteiger partial charge on any atom is -0.391 e.